The zero-order chi connectivity index (χ0) is 12.8. The number of halogens is 1. The largest absolute Gasteiger partial charge is 0.244 e. The highest BCUT2D eigenvalue weighted by Gasteiger charge is 1.99. The van der Waals surface area contributed by atoms with Gasteiger partial charge in [-0.25, -0.2) is 4.99 Å². The van der Waals surface area contributed by atoms with Crippen LogP contribution in [0.4, 0.5) is 0 Å². The lowest BCUT2D eigenvalue weighted by molar-refractivity contribution is 1.46. The number of hydrogen-bond donors (Lipinski definition) is 0. The Labute approximate surface area is 112 Å². The molecular weight excluding hydrogens is 242 g/mol. The second kappa shape index (κ2) is 6.18. The van der Waals surface area contributed by atoms with Crippen molar-refractivity contribution < 1.29 is 0 Å². The molecule has 0 amide bonds. The first-order chi connectivity index (χ1) is 8.77. The number of rotatable bonds is 3. The standard InChI is InChI=1S/C16H14ClN/c1-13(15-10-6-3-7-11-15)16(17)18-12-14-8-4-2-5-9-14/h2-12H,1H3/b16-13+,18-12+. The molecule has 2 aromatic rings. The van der Waals surface area contributed by atoms with E-state index in [4.69, 9.17) is 11.6 Å². The van der Waals surface area contributed by atoms with Crippen molar-refractivity contribution in [3.8, 4) is 0 Å². The maximum absolute atomic E-state index is 6.20. The molecule has 0 aromatic heterocycles. The van der Waals surface area contributed by atoms with Gasteiger partial charge in [-0.15, -0.1) is 0 Å². The smallest absolute Gasteiger partial charge is 0.132 e. The van der Waals surface area contributed by atoms with Crippen molar-refractivity contribution in [1.29, 1.82) is 0 Å². The summed E-state index contributed by atoms with van der Waals surface area (Å²) in [7, 11) is 0. The highest BCUT2D eigenvalue weighted by molar-refractivity contribution is 6.32. The van der Waals surface area contributed by atoms with Crippen LogP contribution in [0.25, 0.3) is 5.57 Å². The molecule has 0 saturated heterocycles. The zero-order valence-electron chi connectivity index (χ0n) is 10.2. The topological polar surface area (TPSA) is 12.4 Å². The lowest BCUT2D eigenvalue weighted by atomic mass is 10.1. The van der Waals surface area contributed by atoms with E-state index in [1.54, 1.807) is 6.21 Å². The third kappa shape index (κ3) is 3.31. The fourth-order valence-electron chi connectivity index (χ4n) is 1.57. The third-order valence-electron chi connectivity index (χ3n) is 2.64. The molecule has 90 valence electrons. The van der Waals surface area contributed by atoms with E-state index in [0.717, 1.165) is 16.7 Å². The number of nitrogens with zero attached hydrogens (tertiary/aromatic N) is 1. The van der Waals surface area contributed by atoms with E-state index in [0.29, 0.717) is 5.16 Å². The highest BCUT2D eigenvalue weighted by atomic mass is 35.5. The van der Waals surface area contributed by atoms with Crippen LogP contribution in [0, 0.1) is 0 Å². The maximum Gasteiger partial charge on any atom is 0.132 e. The Morgan fingerprint density at radius 1 is 0.944 bits per heavy atom. The van der Waals surface area contributed by atoms with Crippen LogP contribution in [0.15, 0.2) is 70.8 Å². The van der Waals surface area contributed by atoms with Gasteiger partial charge in [0.05, 0.1) is 0 Å². The van der Waals surface area contributed by atoms with Gasteiger partial charge in [0.15, 0.2) is 0 Å². The lowest BCUT2D eigenvalue weighted by Gasteiger charge is -2.01. The third-order valence-corrected chi connectivity index (χ3v) is 3.02. The summed E-state index contributed by atoms with van der Waals surface area (Å²) in [6, 6.07) is 19.9. The van der Waals surface area contributed by atoms with Crippen molar-refractivity contribution >= 4 is 23.4 Å². The van der Waals surface area contributed by atoms with E-state index in [9.17, 15) is 0 Å². The van der Waals surface area contributed by atoms with Gasteiger partial charge < -0.3 is 0 Å². The summed E-state index contributed by atoms with van der Waals surface area (Å²) in [5.74, 6) is 0. The molecule has 0 heterocycles. The average molecular weight is 256 g/mol. The molecule has 2 aromatic carbocycles. The highest BCUT2D eigenvalue weighted by Crippen LogP contribution is 2.21. The van der Waals surface area contributed by atoms with Gasteiger partial charge >= 0.3 is 0 Å². The molecule has 0 bridgehead atoms. The summed E-state index contributed by atoms with van der Waals surface area (Å²) in [5.41, 5.74) is 3.11. The Kier molecular flexibility index (Phi) is 4.32. The van der Waals surface area contributed by atoms with E-state index in [2.05, 4.69) is 4.99 Å². The minimum atomic E-state index is 0.519. The number of hydrogen-bond acceptors (Lipinski definition) is 1. The molecule has 1 nitrogen and oxygen atoms in total. The molecule has 2 rings (SSSR count). The van der Waals surface area contributed by atoms with Gasteiger partial charge in [-0.3, -0.25) is 0 Å². The summed E-state index contributed by atoms with van der Waals surface area (Å²) in [6.45, 7) is 1.97. The van der Waals surface area contributed by atoms with Gasteiger partial charge in [0.1, 0.15) is 5.16 Å². The zero-order valence-corrected chi connectivity index (χ0v) is 10.9. The molecule has 0 radical (unpaired) electrons. The van der Waals surface area contributed by atoms with Gasteiger partial charge in [0.25, 0.3) is 0 Å². The first-order valence-electron chi connectivity index (χ1n) is 5.78. The van der Waals surface area contributed by atoms with E-state index < -0.39 is 0 Å². The summed E-state index contributed by atoms with van der Waals surface area (Å²) in [5, 5.41) is 0.519. The summed E-state index contributed by atoms with van der Waals surface area (Å²) in [6.07, 6.45) is 1.77. The van der Waals surface area contributed by atoms with Crippen LogP contribution in [-0.4, -0.2) is 6.21 Å². The molecule has 0 saturated carbocycles. The van der Waals surface area contributed by atoms with Crippen LogP contribution < -0.4 is 0 Å². The number of aliphatic imine (C=N–C) groups is 1. The van der Waals surface area contributed by atoms with E-state index in [1.807, 2.05) is 67.6 Å². The Hall–Kier alpha value is -1.86. The molecule has 0 N–H and O–H groups in total. The number of benzene rings is 2. The molecule has 0 atom stereocenters. The van der Waals surface area contributed by atoms with Crippen molar-refractivity contribution in [3.05, 3.63) is 76.9 Å². The molecule has 0 aliphatic carbocycles. The lowest BCUT2D eigenvalue weighted by Crippen LogP contribution is -1.83. The Balaban J connectivity index is 2.21. The average Bonchev–Trinajstić information content (AvgIpc) is 2.46. The first kappa shape index (κ1) is 12.6. The SMILES string of the molecule is C/C(=C(Cl)\N=C\c1ccccc1)c1ccccc1. The Bertz CT molecular complexity index is 556. The van der Waals surface area contributed by atoms with E-state index >= 15 is 0 Å². The Morgan fingerprint density at radius 2 is 1.50 bits per heavy atom. The molecule has 2 heteroatoms. The summed E-state index contributed by atoms with van der Waals surface area (Å²) < 4.78 is 0. The fourth-order valence-corrected chi connectivity index (χ4v) is 1.73. The van der Waals surface area contributed by atoms with Crippen molar-refractivity contribution in [3.63, 3.8) is 0 Å². The van der Waals surface area contributed by atoms with Gasteiger partial charge in [-0.2, -0.15) is 0 Å². The second-order valence-corrected chi connectivity index (χ2v) is 4.31. The molecule has 0 fully saturated rings. The van der Waals surface area contributed by atoms with Crippen LogP contribution >= 0.6 is 11.6 Å². The van der Waals surface area contributed by atoms with Crippen LogP contribution in [-0.2, 0) is 0 Å². The van der Waals surface area contributed by atoms with Gasteiger partial charge in [-0.05, 0) is 23.6 Å². The van der Waals surface area contributed by atoms with Gasteiger partial charge in [-0.1, -0.05) is 72.3 Å². The second-order valence-electron chi connectivity index (χ2n) is 3.95. The predicted molar refractivity (Wildman–Crippen MR) is 78.9 cm³/mol. The molecular formula is C16H14ClN. The first-order valence-corrected chi connectivity index (χ1v) is 6.16. The molecule has 0 spiro atoms. The van der Waals surface area contributed by atoms with Gasteiger partial charge in [0.2, 0.25) is 0 Å². The quantitative estimate of drug-likeness (QED) is 0.555. The predicted octanol–water partition coefficient (Wildman–Crippen LogP) is 4.73. The van der Waals surface area contributed by atoms with Crippen LogP contribution in [0.3, 0.4) is 0 Å². The number of allylic oxidation sites excluding steroid dienone is 1. The van der Waals surface area contributed by atoms with E-state index in [-0.39, 0.29) is 0 Å². The van der Waals surface area contributed by atoms with Crippen LogP contribution in [0.5, 0.6) is 0 Å². The van der Waals surface area contributed by atoms with Crippen molar-refractivity contribution in [2.45, 2.75) is 6.92 Å². The fraction of sp³-hybridized carbons (Fsp3) is 0.0625. The Morgan fingerprint density at radius 3 is 2.11 bits per heavy atom. The van der Waals surface area contributed by atoms with Crippen LogP contribution in [0.2, 0.25) is 0 Å². The minimum Gasteiger partial charge on any atom is -0.244 e. The van der Waals surface area contributed by atoms with Crippen LogP contribution in [0.1, 0.15) is 18.1 Å². The van der Waals surface area contributed by atoms with E-state index in [1.165, 1.54) is 0 Å². The molecule has 0 unspecified atom stereocenters. The van der Waals surface area contributed by atoms with Crippen molar-refractivity contribution in [1.82, 2.24) is 0 Å². The monoisotopic (exact) mass is 255 g/mol. The normalized spacial score (nSPS) is 12.6. The molecule has 0 aliphatic heterocycles. The maximum atomic E-state index is 6.20. The summed E-state index contributed by atoms with van der Waals surface area (Å²) in [4.78, 5) is 4.29. The van der Waals surface area contributed by atoms with Crippen molar-refractivity contribution in [2.75, 3.05) is 0 Å². The summed E-state index contributed by atoms with van der Waals surface area (Å²) >= 11 is 6.20. The molecule has 18 heavy (non-hydrogen) atoms. The van der Waals surface area contributed by atoms with Crippen molar-refractivity contribution in [2.24, 2.45) is 4.99 Å². The molecule has 0 aliphatic rings. The minimum absolute atomic E-state index is 0.519. The van der Waals surface area contributed by atoms with Gasteiger partial charge in [0, 0.05) is 6.21 Å².